The van der Waals surface area contributed by atoms with E-state index in [0.717, 1.165) is 5.69 Å². The molecule has 1 aromatic heterocycles. The number of hydrogen-bond acceptors (Lipinski definition) is 3. The molecule has 0 saturated heterocycles. The van der Waals surface area contributed by atoms with Gasteiger partial charge in [-0.25, -0.2) is 0 Å². The van der Waals surface area contributed by atoms with Crippen LogP contribution in [0.25, 0.3) is 0 Å². The zero-order valence-electron chi connectivity index (χ0n) is 11.1. The third kappa shape index (κ3) is 3.32. The number of amides is 1. The average Bonchev–Trinajstić information content (AvgIpc) is 2.58. The summed E-state index contributed by atoms with van der Waals surface area (Å²) >= 11 is 0. The van der Waals surface area contributed by atoms with Crippen molar-refractivity contribution in [2.45, 2.75) is 27.3 Å². The molecule has 100 valence electrons. The Hall–Kier alpha value is -1.85. The molecule has 2 N–H and O–H groups in total. The van der Waals surface area contributed by atoms with Crippen molar-refractivity contribution in [2.24, 2.45) is 18.4 Å². The molecule has 6 nitrogen and oxygen atoms in total. The fourth-order valence-corrected chi connectivity index (χ4v) is 1.73. The van der Waals surface area contributed by atoms with Crippen LogP contribution in [0.3, 0.4) is 0 Å². The van der Waals surface area contributed by atoms with Gasteiger partial charge in [-0.05, 0) is 11.5 Å². The van der Waals surface area contributed by atoms with E-state index in [1.54, 1.807) is 44.8 Å². The van der Waals surface area contributed by atoms with Crippen molar-refractivity contribution in [1.82, 2.24) is 15.1 Å². The number of carboxylic acids is 1. The highest BCUT2D eigenvalue weighted by atomic mass is 16.4. The van der Waals surface area contributed by atoms with E-state index in [-0.39, 0.29) is 6.54 Å². The highest BCUT2D eigenvalue weighted by molar-refractivity contribution is 5.97. The average molecular weight is 253 g/mol. The van der Waals surface area contributed by atoms with Gasteiger partial charge in [-0.2, -0.15) is 5.10 Å². The predicted molar refractivity (Wildman–Crippen MR) is 65.6 cm³/mol. The summed E-state index contributed by atoms with van der Waals surface area (Å²) in [6.45, 7) is 5.47. The Balaban J connectivity index is 2.69. The molecule has 1 heterocycles. The van der Waals surface area contributed by atoms with Crippen LogP contribution in [-0.4, -0.2) is 26.8 Å². The van der Waals surface area contributed by atoms with Crippen LogP contribution < -0.4 is 5.32 Å². The van der Waals surface area contributed by atoms with Gasteiger partial charge in [-0.1, -0.05) is 20.8 Å². The van der Waals surface area contributed by atoms with E-state index < -0.39 is 23.2 Å². The van der Waals surface area contributed by atoms with Gasteiger partial charge in [0.15, 0.2) is 0 Å². The molecule has 1 rings (SSSR count). The van der Waals surface area contributed by atoms with E-state index in [9.17, 15) is 9.59 Å². The number of rotatable bonds is 4. The Morgan fingerprint density at radius 2 is 2.11 bits per heavy atom. The van der Waals surface area contributed by atoms with Crippen LogP contribution in [0.4, 0.5) is 0 Å². The zero-order chi connectivity index (χ0) is 13.9. The minimum atomic E-state index is -1.11. The summed E-state index contributed by atoms with van der Waals surface area (Å²) in [6.07, 6.45) is 1.62. The fraction of sp³-hybridized carbons (Fsp3) is 0.583. The van der Waals surface area contributed by atoms with Crippen molar-refractivity contribution in [3.8, 4) is 0 Å². The van der Waals surface area contributed by atoms with Crippen LogP contribution in [0.2, 0.25) is 0 Å². The monoisotopic (exact) mass is 253 g/mol. The summed E-state index contributed by atoms with van der Waals surface area (Å²) in [5.74, 6) is -2.65. The number of aromatic nitrogens is 2. The van der Waals surface area contributed by atoms with E-state index in [2.05, 4.69) is 10.4 Å². The Bertz CT molecular complexity index is 446. The van der Waals surface area contributed by atoms with Crippen molar-refractivity contribution in [2.75, 3.05) is 0 Å². The molecule has 0 aromatic carbocycles. The van der Waals surface area contributed by atoms with Crippen LogP contribution >= 0.6 is 0 Å². The SMILES string of the molecule is Cn1nccc1CNC(=O)C(C(=O)O)C(C)(C)C. The van der Waals surface area contributed by atoms with E-state index in [1.807, 2.05) is 0 Å². The first-order chi connectivity index (χ1) is 8.23. The molecule has 0 bridgehead atoms. The molecule has 0 aliphatic rings. The third-order valence-electron chi connectivity index (χ3n) is 2.74. The molecule has 18 heavy (non-hydrogen) atoms. The summed E-state index contributed by atoms with van der Waals surface area (Å²) in [5, 5.41) is 15.7. The lowest BCUT2D eigenvalue weighted by Crippen LogP contribution is -2.42. The fourth-order valence-electron chi connectivity index (χ4n) is 1.73. The first kappa shape index (κ1) is 14.2. The molecule has 1 aromatic rings. The van der Waals surface area contributed by atoms with Crippen LogP contribution in [0.5, 0.6) is 0 Å². The smallest absolute Gasteiger partial charge is 0.316 e. The maximum Gasteiger partial charge on any atom is 0.316 e. The van der Waals surface area contributed by atoms with Gasteiger partial charge in [-0.15, -0.1) is 0 Å². The van der Waals surface area contributed by atoms with Gasteiger partial charge in [0, 0.05) is 13.2 Å². The lowest BCUT2D eigenvalue weighted by atomic mass is 9.80. The van der Waals surface area contributed by atoms with Crippen LogP contribution in [0.1, 0.15) is 26.5 Å². The second kappa shape index (κ2) is 5.20. The summed E-state index contributed by atoms with van der Waals surface area (Å²) < 4.78 is 1.63. The number of aliphatic carboxylic acids is 1. The van der Waals surface area contributed by atoms with Crippen LogP contribution in [0, 0.1) is 11.3 Å². The van der Waals surface area contributed by atoms with Crippen LogP contribution in [-0.2, 0) is 23.2 Å². The Morgan fingerprint density at radius 1 is 1.50 bits per heavy atom. The Labute approximate surface area is 106 Å². The first-order valence-electron chi connectivity index (χ1n) is 5.71. The van der Waals surface area contributed by atoms with Gasteiger partial charge in [0.05, 0.1) is 12.2 Å². The second-order valence-electron chi connectivity index (χ2n) is 5.30. The Morgan fingerprint density at radius 3 is 2.50 bits per heavy atom. The van der Waals surface area contributed by atoms with Gasteiger partial charge < -0.3 is 10.4 Å². The first-order valence-corrected chi connectivity index (χ1v) is 5.71. The highest BCUT2D eigenvalue weighted by Crippen LogP contribution is 2.26. The van der Waals surface area contributed by atoms with Crippen molar-refractivity contribution in [3.05, 3.63) is 18.0 Å². The van der Waals surface area contributed by atoms with Gasteiger partial charge in [0.1, 0.15) is 5.92 Å². The third-order valence-corrected chi connectivity index (χ3v) is 2.74. The van der Waals surface area contributed by atoms with Crippen LogP contribution in [0.15, 0.2) is 12.3 Å². The van der Waals surface area contributed by atoms with Crippen molar-refractivity contribution >= 4 is 11.9 Å². The number of hydrogen-bond donors (Lipinski definition) is 2. The molecule has 1 unspecified atom stereocenters. The molecule has 0 saturated carbocycles. The number of carbonyl (C=O) groups excluding carboxylic acids is 1. The van der Waals surface area contributed by atoms with E-state index in [4.69, 9.17) is 5.11 Å². The molecule has 6 heteroatoms. The van der Waals surface area contributed by atoms with E-state index in [1.165, 1.54) is 0 Å². The lowest BCUT2D eigenvalue weighted by molar-refractivity contribution is -0.151. The molecular formula is C12H19N3O3. The molecule has 1 amide bonds. The molecule has 0 aliphatic heterocycles. The molecule has 0 aliphatic carbocycles. The summed E-state index contributed by atoms with van der Waals surface area (Å²) in [4.78, 5) is 23.1. The molecular weight excluding hydrogens is 234 g/mol. The number of nitrogens with zero attached hydrogens (tertiary/aromatic N) is 2. The predicted octanol–water partition coefficient (Wildman–Crippen LogP) is 0.783. The van der Waals surface area contributed by atoms with Gasteiger partial charge in [0.25, 0.3) is 0 Å². The normalized spacial score (nSPS) is 13.1. The number of aryl methyl sites for hydroxylation is 1. The topological polar surface area (TPSA) is 84.2 Å². The molecule has 0 spiro atoms. The summed E-state index contributed by atoms with van der Waals surface area (Å²) in [6, 6.07) is 1.77. The molecule has 0 fully saturated rings. The van der Waals surface area contributed by atoms with Gasteiger partial charge in [0.2, 0.25) is 5.91 Å². The van der Waals surface area contributed by atoms with E-state index >= 15 is 0 Å². The zero-order valence-corrected chi connectivity index (χ0v) is 11.1. The quantitative estimate of drug-likeness (QED) is 0.777. The van der Waals surface area contributed by atoms with Crippen molar-refractivity contribution in [3.63, 3.8) is 0 Å². The largest absolute Gasteiger partial charge is 0.481 e. The molecule has 0 radical (unpaired) electrons. The summed E-state index contributed by atoms with van der Waals surface area (Å²) in [5.41, 5.74) is 0.198. The number of carbonyl (C=O) groups is 2. The Kier molecular flexibility index (Phi) is 4.11. The standard InChI is InChI=1S/C12H19N3O3/c1-12(2,3)9(11(17)18)10(16)13-7-8-5-6-14-15(8)4/h5-6,9H,7H2,1-4H3,(H,13,16)(H,17,18). The maximum absolute atomic E-state index is 11.9. The highest BCUT2D eigenvalue weighted by Gasteiger charge is 2.37. The molecule has 1 atom stereocenters. The minimum absolute atomic E-state index is 0.273. The van der Waals surface area contributed by atoms with E-state index in [0.29, 0.717) is 0 Å². The van der Waals surface area contributed by atoms with Gasteiger partial charge in [-0.3, -0.25) is 14.3 Å². The minimum Gasteiger partial charge on any atom is -0.481 e. The number of carboxylic acid groups (broad SMARTS) is 1. The van der Waals surface area contributed by atoms with Crippen molar-refractivity contribution < 1.29 is 14.7 Å². The van der Waals surface area contributed by atoms with Crippen molar-refractivity contribution in [1.29, 1.82) is 0 Å². The maximum atomic E-state index is 11.9. The van der Waals surface area contributed by atoms with Gasteiger partial charge >= 0.3 is 5.97 Å². The second-order valence-corrected chi connectivity index (χ2v) is 5.30. The summed E-state index contributed by atoms with van der Waals surface area (Å²) in [7, 11) is 1.76. The lowest BCUT2D eigenvalue weighted by Gasteiger charge is -2.25. The number of nitrogens with one attached hydrogen (secondary N) is 1.